The Morgan fingerprint density at radius 2 is 2.31 bits per heavy atom. The lowest BCUT2D eigenvalue weighted by Gasteiger charge is -2.41. The summed E-state index contributed by atoms with van der Waals surface area (Å²) < 4.78 is 5.99. The van der Waals surface area contributed by atoms with Crippen molar-refractivity contribution in [2.45, 2.75) is 64.0 Å². The van der Waals surface area contributed by atoms with Crippen LogP contribution in [0.1, 0.15) is 52.4 Å². The maximum atomic E-state index is 5.99. The quantitative estimate of drug-likeness (QED) is 0.699. The SMILES string of the molecule is C#CCCC(NCCC)C1(C)CCCCO1. The van der Waals surface area contributed by atoms with Crippen LogP contribution in [-0.2, 0) is 4.74 Å². The van der Waals surface area contributed by atoms with Crippen LogP contribution >= 0.6 is 0 Å². The van der Waals surface area contributed by atoms with Crippen molar-refractivity contribution in [2.75, 3.05) is 13.2 Å². The maximum absolute atomic E-state index is 5.99. The monoisotopic (exact) mass is 223 g/mol. The first-order chi connectivity index (χ1) is 7.73. The summed E-state index contributed by atoms with van der Waals surface area (Å²) in [6, 6.07) is 0.406. The molecule has 1 heterocycles. The van der Waals surface area contributed by atoms with Gasteiger partial charge in [0.1, 0.15) is 0 Å². The number of ether oxygens (including phenoxy) is 1. The molecule has 2 nitrogen and oxygen atoms in total. The maximum Gasteiger partial charge on any atom is 0.0807 e. The van der Waals surface area contributed by atoms with Gasteiger partial charge in [0, 0.05) is 19.1 Å². The summed E-state index contributed by atoms with van der Waals surface area (Å²) in [6.07, 6.45) is 12.0. The van der Waals surface area contributed by atoms with Crippen molar-refractivity contribution < 1.29 is 4.74 Å². The molecule has 16 heavy (non-hydrogen) atoms. The lowest BCUT2D eigenvalue weighted by molar-refractivity contribution is -0.0897. The Bertz CT molecular complexity index is 225. The van der Waals surface area contributed by atoms with E-state index < -0.39 is 0 Å². The first-order valence-electron chi connectivity index (χ1n) is 6.53. The Kier molecular flexibility index (Phi) is 5.87. The molecule has 0 amide bonds. The predicted octanol–water partition coefficient (Wildman–Crippen LogP) is 2.73. The number of hydrogen-bond donors (Lipinski definition) is 1. The first kappa shape index (κ1) is 13.5. The molecule has 1 saturated heterocycles. The van der Waals surface area contributed by atoms with Crippen LogP contribution in [0.4, 0.5) is 0 Å². The summed E-state index contributed by atoms with van der Waals surface area (Å²) in [4.78, 5) is 0. The van der Waals surface area contributed by atoms with Crippen LogP contribution in [0.15, 0.2) is 0 Å². The van der Waals surface area contributed by atoms with Crippen molar-refractivity contribution in [3.8, 4) is 12.3 Å². The lowest BCUT2D eigenvalue weighted by atomic mass is 9.85. The highest BCUT2D eigenvalue weighted by molar-refractivity contribution is 4.95. The Labute approximate surface area is 100 Å². The molecular formula is C14H25NO. The minimum Gasteiger partial charge on any atom is -0.374 e. The summed E-state index contributed by atoms with van der Waals surface area (Å²) in [6.45, 7) is 6.37. The van der Waals surface area contributed by atoms with Crippen LogP contribution in [-0.4, -0.2) is 24.8 Å². The van der Waals surface area contributed by atoms with Gasteiger partial charge in [0.05, 0.1) is 5.60 Å². The number of hydrogen-bond acceptors (Lipinski definition) is 2. The van der Waals surface area contributed by atoms with E-state index in [2.05, 4.69) is 25.1 Å². The minimum atomic E-state index is -0.00965. The van der Waals surface area contributed by atoms with Gasteiger partial charge in [-0.05, 0) is 45.6 Å². The highest BCUT2D eigenvalue weighted by atomic mass is 16.5. The third-order valence-electron chi connectivity index (χ3n) is 3.45. The van der Waals surface area contributed by atoms with E-state index in [0.717, 1.165) is 38.8 Å². The molecule has 0 spiro atoms. The molecule has 92 valence electrons. The molecule has 0 bridgehead atoms. The molecule has 1 fully saturated rings. The second-order valence-corrected chi connectivity index (χ2v) is 4.87. The fourth-order valence-corrected chi connectivity index (χ4v) is 2.40. The number of nitrogens with one attached hydrogen (secondary N) is 1. The minimum absolute atomic E-state index is 0.00965. The summed E-state index contributed by atoms with van der Waals surface area (Å²) in [5.74, 6) is 2.74. The van der Waals surface area contributed by atoms with Gasteiger partial charge in [-0.15, -0.1) is 12.3 Å². The fraction of sp³-hybridized carbons (Fsp3) is 0.857. The average molecular weight is 223 g/mol. The zero-order valence-corrected chi connectivity index (χ0v) is 10.7. The molecule has 0 radical (unpaired) electrons. The third-order valence-corrected chi connectivity index (χ3v) is 3.45. The highest BCUT2D eigenvalue weighted by Gasteiger charge is 2.35. The zero-order chi connectivity index (χ0) is 11.9. The van der Waals surface area contributed by atoms with Gasteiger partial charge in [0.2, 0.25) is 0 Å². The molecule has 1 rings (SSSR count). The van der Waals surface area contributed by atoms with Crippen LogP contribution in [0.2, 0.25) is 0 Å². The van der Waals surface area contributed by atoms with Gasteiger partial charge in [-0.3, -0.25) is 0 Å². The molecule has 0 aromatic carbocycles. The van der Waals surface area contributed by atoms with Crippen molar-refractivity contribution in [1.82, 2.24) is 5.32 Å². The lowest BCUT2D eigenvalue weighted by Crippen LogP contribution is -2.52. The first-order valence-corrected chi connectivity index (χ1v) is 6.53. The van der Waals surface area contributed by atoms with Gasteiger partial charge in [-0.1, -0.05) is 6.92 Å². The van der Waals surface area contributed by atoms with Gasteiger partial charge in [0.15, 0.2) is 0 Å². The van der Waals surface area contributed by atoms with E-state index in [1.54, 1.807) is 0 Å². The van der Waals surface area contributed by atoms with E-state index in [0.29, 0.717) is 6.04 Å². The fourth-order valence-electron chi connectivity index (χ4n) is 2.40. The van der Waals surface area contributed by atoms with E-state index in [1.165, 1.54) is 12.8 Å². The van der Waals surface area contributed by atoms with Crippen LogP contribution in [0, 0.1) is 12.3 Å². The van der Waals surface area contributed by atoms with Crippen LogP contribution in [0.5, 0.6) is 0 Å². The van der Waals surface area contributed by atoms with Crippen molar-refractivity contribution in [2.24, 2.45) is 0 Å². The number of rotatable bonds is 6. The van der Waals surface area contributed by atoms with E-state index in [-0.39, 0.29) is 5.60 Å². The van der Waals surface area contributed by atoms with E-state index >= 15 is 0 Å². The van der Waals surface area contributed by atoms with Gasteiger partial charge in [-0.2, -0.15) is 0 Å². The Morgan fingerprint density at radius 3 is 2.88 bits per heavy atom. The molecular weight excluding hydrogens is 198 g/mol. The predicted molar refractivity (Wildman–Crippen MR) is 68.4 cm³/mol. The van der Waals surface area contributed by atoms with E-state index in [4.69, 9.17) is 11.2 Å². The van der Waals surface area contributed by atoms with Crippen LogP contribution in [0.3, 0.4) is 0 Å². The van der Waals surface area contributed by atoms with Crippen LogP contribution in [0.25, 0.3) is 0 Å². The van der Waals surface area contributed by atoms with Crippen molar-refractivity contribution in [3.63, 3.8) is 0 Å². The Balaban J connectivity index is 2.54. The van der Waals surface area contributed by atoms with Gasteiger partial charge in [0.25, 0.3) is 0 Å². The molecule has 0 aromatic rings. The summed E-state index contributed by atoms with van der Waals surface area (Å²) in [7, 11) is 0. The third kappa shape index (κ3) is 3.81. The van der Waals surface area contributed by atoms with Crippen molar-refractivity contribution >= 4 is 0 Å². The second-order valence-electron chi connectivity index (χ2n) is 4.87. The highest BCUT2D eigenvalue weighted by Crippen LogP contribution is 2.29. The molecule has 0 aliphatic carbocycles. The van der Waals surface area contributed by atoms with Crippen LogP contribution < -0.4 is 5.32 Å². The number of terminal acetylenes is 1. The normalized spacial score (nSPS) is 27.3. The standard InChI is InChI=1S/C14H25NO/c1-4-6-9-13(15-11-5-2)14(3)10-7-8-12-16-14/h1,13,15H,5-12H2,2-3H3. The van der Waals surface area contributed by atoms with Crippen molar-refractivity contribution in [3.05, 3.63) is 0 Å². The van der Waals surface area contributed by atoms with Crippen molar-refractivity contribution in [1.29, 1.82) is 0 Å². The molecule has 2 unspecified atom stereocenters. The smallest absolute Gasteiger partial charge is 0.0807 e. The van der Waals surface area contributed by atoms with Gasteiger partial charge < -0.3 is 10.1 Å². The Hall–Kier alpha value is -0.520. The summed E-state index contributed by atoms with van der Waals surface area (Å²) >= 11 is 0. The molecule has 2 heteroatoms. The molecule has 0 aromatic heterocycles. The van der Waals surface area contributed by atoms with Gasteiger partial charge >= 0.3 is 0 Å². The topological polar surface area (TPSA) is 21.3 Å². The molecule has 1 aliphatic heterocycles. The Morgan fingerprint density at radius 1 is 1.50 bits per heavy atom. The zero-order valence-electron chi connectivity index (χ0n) is 10.7. The molecule has 0 saturated carbocycles. The van der Waals surface area contributed by atoms with Gasteiger partial charge in [-0.25, -0.2) is 0 Å². The summed E-state index contributed by atoms with van der Waals surface area (Å²) in [5.41, 5.74) is -0.00965. The largest absolute Gasteiger partial charge is 0.374 e. The van der Waals surface area contributed by atoms with E-state index in [9.17, 15) is 0 Å². The average Bonchev–Trinajstić information content (AvgIpc) is 2.30. The molecule has 2 atom stereocenters. The second kappa shape index (κ2) is 6.93. The van der Waals surface area contributed by atoms with E-state index in [1.807, 2.05) is 0 Å². The molecule has 1 N–H and O–H groups in total. The summed E-state index contributed by atoms with van der Waals surface area (Å²) in [5, 5.41) is 3.59. The molecule has 1 aliphatic rings.